The number of carbonyl (C=O) groups excluding carboxylic acids is 1. The van der Waals surface area contributed by atoms with E-state index in [-0.39, 0.29) is 24.6 Å². The van der Waals surface area contributed by atoms with Crippen molar-refractivity contribution >= 4 is 5.97 Å². The number of rotatable bonds is 4. The van der Waals surface area contributed by atoms with Gasteiger partial charge in [-0.1, -0.05) is 0 Å². The Morgan fingerprint density at radius 1 is 1.21 bits per heavy atom. The molecule has 0 amide bonds. The number of carbonyl (C=O) groups is 1. The van der Waals surface area contributed by atoms with Gasteiger partial charge in [0.2, 0.25) is 0 Å². The monoisotopic (exact) mass is 273 g/mol. The third-order valence-corrected chi connectivity index (χ3v) is 2.62. The van der Waals surface area contributed by atoms with Crippen LogP contribution in [0.5, 0.6) is 0 Å². The molecule has 0 aliphatic carbocycles. The van der Waals surface area contributed by atoms with Gasteiger partial charge >= 0.3 is 5.97 Å². The van der Waals surface area contributed by atoms with E-state index in [1.807, 2.05) is 53.6 Å². The highest BCUT2D eigenvalue weighted by molar-refractivity contribution is 5.70. The van der Waals surface area contributed by atoms with Crippen LogP contribution in [0.3, 0.4) is 0 Å². The number of hydrogen-bond acceptors (Lipinski definition) is 5. The average Bonchev–Trinajstić information content (AvgIpc) is 2.35. The molecule has 5 heteroatoms. The molecule has 1 aliphatic rings. The smallest absolute Gasteiger partial charge is 0.309 e. The Hall–Kier alpha value is -0.650. The Bertz CT molecular complexity index is 320. The van der Waals surface area contributed by atoms with E-state index in [2.05, 4.69) is 0 Å². The fraction of sp³-hybridized carbons (Fsp3) is 0.929. The Morgan fingerprint density at radius 3 is 2.21 bits per heavy atom. The summed E-state index contributed by atoms with van der Waals surface area (Å²) < 4.78 is 17.0. The first kappa shape index (κ1) is 16.4. The molecule has 1 aliphatic heterocycles. The summed E-state index contributed by atoms with van der Waals surface area (Å²) in [5, 5.41) is 0. The van der Waals surface area contributed by atoms with Crippen molar-refractivity contribution in [3.63, 3.8) is 0 Å². The molecular weight excluding hydrogens is 246 g/mol. The molecule has 0 unspecified atom stereocenters. The van der Waals surface area contributed by atoms with Crippen LogP contribution in [0.1, 0.15) is 41.0 Å². The van der Waals surface area contributed by atoms with E-state index in [4.69, 9.17) is 14.2 Å². The number of hydrogen-bond donors (Lipinski definition) is 0. The fourth-order valence-corrected chi connectivity index (χ4v) is 2.14. The molecule has 0 aromatic rings. The molecule has 112 valence electrons. The lowest BCUT2D eigenvalue weighted by Gasteiger charge is -2.23. The molecule has 5 nitrogen and oxygen atoms in total. The fourth-order valence-electron chi connectivity index (χ4n) is 2.14. The van der Waals surface area contributed by atoms with Gasteiger partial charge in [0.25, 0.3) is 0 Å². The van der Waals surface area contributed by atoms with Crippen molar-refractivity contribution in [2.24, 2.45) is 0 Å². The van der Waals surface area contributed by atoms with Crippen LogP contribution in [-0.4, -0.2) is 55.1 Å². The van der Waals surface area contributed by atoms with Crippen molar-refractivity contribution in [2.45, 2.75) is 64.6 Å². The topological polar surface area (TPSA) is 48.0 Å². The first-order chi connectivity index (χ1) is 8.48. The van der Waals surface area contributed by atoms with E-state index in [1.165, 1.54) is 0 Å². The van der Waals surface area contributed by atoms with Crippen LogP contribution in [-0.2, 0) is 19.0 Å². The quantitative estimate of drug-likeness (QED) is 0.731. The average molecular weight is 273 g/mol. The van der Waals surface area contributed by atoms with Gasteiger partial charge in [0.05, 0.1) is 12.5 Å². The third kappa shape index (κ3) is 5.89. The molecule has 0 spiro atoms. The maximum absolute atomic E-state index is 11.9. The zero-order chi connectivity index (χ0) is 14.8. The zero-order valence-corrected chi connectivity index (χ0v) is 13.1. The summed E-state index contributed by atoms with van der Waals surface area (Å²) in [6.45, 7) is 10.0. The molecule has 0 aromatic heterocycles. The van der Waals surface area contributed by atoms with Crippen LogP contribution in [0.15, 0.2) is 0 Å². The molecule has 1 heterocycles. The van der Waals surface area contributed by atoms with Crippen molar-refractivity contribution in [1.82, 2.24) is 4.90 Å². The highest BCUT2D eigenvalue weighted by Gasteiger charge is 2.42. The van der Waals surface area contributed by atoms with Crippen LogP contribution in [0.2, 0.25) is 0 Å². The van der Waals surface area contributed by atoms with Crippen LogP contribution in [0.25, 0.3) is 0 Å². The molecule has 19 heavy (non-hydrogen) atoms. The molecule has 1 saturated heterocycles. The Morgan fingerprint density at radius 2 is 1.74 bits per heavy atom. The predicted molar refractivity (Wildman–Crippen MR) is 72.8 cm³/mol. The van der Waals surface area contributed by atoms with Gasteiger partial charge in [-0.3, -0.25) is 4.79 Å². The predicted octanol–water partition coefficient (Wildman–Crippen LogP) is 1.80. The number of esters is 1. The summed E-state index contributed by atoms with van der Waals surface area (Å²) in [4.78, 5) is 13.9. The molecule has 1 rings (SSSR count). The summed E-state index contributed by atoms with van der Waals surface area (Å²) in [6.07, 6.45) is -0.149. The lowest BCUT2D eigenvalue weighted by Crippen LogP contribution is -2.36. The molecule has 0 N–H and O–H groups in total. The van der Waals surface area contributed by atoms with Crippen molar-refractivity contribution in [3.8, 4) is 0 Å². The van der Waals surface area contributed by atoms with E-state index >= 15 is 0 Å². The van der Waals surface area contributed by atoms with Crippen molar-refractivity contribution in [3.05, 3.63) is 0 Å². The maximum Gasteiger partial charge on any atom is 0.309 e. The molecule has 2 atom stereocenters. The van der Waals surface area contributed by atoms with Crippen LogP contribution < -0.4 is 0 Å². The van der Waals surface area contributed by atoms with Gasteiger partial charge in [0.1, 0.15) is 11.7 Å². The van der Waals surface area contributed by atoms with E-state index in [0.717, 1.165) is 6.54 Å². The van der Waals surface area contributed by atoms with E-state index in [9.17, 15) is 4.79 Å². The minimum Gasteiger partial charge on any atom is -0.460 e. The van der Waals surface area contributed by atoms with Crippen molar-refractivity contribution in [2.75, 3.05) is 20.6 Å². The van der Waals surface area contributed by atoms with Gasteiger partial charge in [-0.2, -0.15) is 0 Å². The molecular formula is C14H27NO4. The summed E-state index contributed by atoms with van der Waals surface area (Å²) in [5.41, 5.74) is -0.469. The number of ether oxygens (including phenoxy) is 3. The second-order valence-electron chi connectivity index (χ2n) is 6.77. The maximum atomic E-state index is 11.9. The van der Waals surface area contributed by atoms with Gasteiger partial charge < -0.3 is 19.1 Å². The Kier molecular flexibility index (Phi) is 4.98. The summed E-state index contributed by atoms with van der Waals surface area (Å²) in [6, 6.07) is 0. The molecule has 0 bridgehead atoms. The first-order valence-corrected chi connectivity index (χ1v) is 6.71. The largest absolute Gasteiger partial charge is 0.460 e. The van der Waals surface area contributed by atoms with E-state index in [0.29, 0.717) is 0 Å². The standard InChI is InChI=1S/C14H27NO4/c1-13(2,3)19-12(16)8-10-11(9-15(6)7)18-14(4,5)17-10/h10-11H,8-9H2,1-7H3/t10-,11-/m1/s1. The highest BCUT2D eigenvalue weighted by atomic mass is 16.8. The SMILES string of the molecule is CN(C)C[C@H]1OC(C)(C)O[C@@H]1CC(=O)OC(C)(C)C. The molecule has 0 radical (unpaired) electrons. The minimum atomic E-state index is -0.645. The van der Waals surface area contributed by atoms with Gasteiger partial charge in [0.15, 0.2) is 5.79 Å². The lowest BCUT2D eigenvalue weighted by molar-refractivity contribution is -0.163. The van der Waals surface area contributed by atoms with E-state index < -0.39 is 11.4 Å². The summed E-state index contributed by atoms with van der Waals surface area (Å²) in [5.74, 6) is -0.893. The third-order valence-electron chi connectivity index (χ3n) is 2.62. The second-order valence-corrected chi connectivity index (χ2v) is 6.77. The Balaban J connectivity index is 2.61. The Labute approximate surface area is 116 Å². The molecule has 0 saturated carbocycles. The van der Waals surface area contributed by atoms with Gasteiger partial charge in [-0.15, -0.1) is 0 Å². The number of likely N-dealkylation sites (N-methyl/N-ethyl adjacent to an activating group) is 1. The van der Waals surface area contributed by atoms with E-state index in [1.54, 1.807) is 0 Å². The first-order valence-electron chi connectivity index (χ1n) is 6.71. The van der Waals surface area contributed by atoms with Gasteiger partial charge in [-0.25, -0.2) is 0 Å². The summed E-state index contributed by atoms with van der Waals surface area (Å²) >= 11 is 0. The molecule has 1 fully saturated rings. The summed E-state index contributed by atoms with van der Waals surface area (Å²) in [7, 11) is 3.94. The molecule has 0 aromatic carbocycles. The van der Waals surface area contributed by atoms with Crippen molar-refractivity contribution < 1.29 is 19.0 Å². The van der Waals surface area contributed by atoms with Crippen LogP contribution in [0, 0.1) is 0 Å². The number of nitrogens with zero attached hydrogens (tertiary/aromatic N) is 1. The normalized spacial score (nSPS) is 26.7. The van der Waals surface area contributed by atoms with Crippen LogP contribution >= 0.6 is 0 Å². The van der Waals surface area contributed by atoms with Gasteiger partial charge in [-0.05, 0) is 48.7 Å². The highest BCUT2D eigenvalue weighted by Crippen LogP contribution is 2.30. The lowest BCUT2D eigenvalue weighted by atomic mass is 10.1. The zero-order valence-electron chi connectivity index (χ0n) is 13.1. The van der Waals surface area contributed by atoms with Gasteiger partial charge in [0, 0.05) is 6.54 Å². The van der Waals surface area contributed by atoms with Crippen LogP contribution in [0.4, 0.5) is 0 Å². The van der Waals surface area contributed by atoms with Crippen molar-refractivity contribution in [1.29, 1.82) is 0 Å². The second kappa shape index (κ2) is 5.77. The minimum absolute atomic E-state index is 0.113.